The Balaban J connectivity index is 2.04. The van der Waals surface area contributed by atoms with Crippen LogP contribution in [0.4, 0.5) is 10.1 Å². The molecule has 0 unspecified atom stereocenters. The van der Waals surface area contributed by atoms with Gasteiger partial charge in [0.2, 0.25) is 5.91 Å². The monoisotopic (exact) mass is 353 g/mol. The largest absolute Gasteiger partial charge is 0.478 e. The number of allylic oxidation sites excluding steroid dienone is 1. The van der Waals surface area contributed by atoms with Crippen molar-refractivity contribution >= 4 is 29.4 Å². The first-order valence-corrected chi connectivity index (χ1v) is 7.64. The van der Waals surface area contributed by atoms with Gasteiger partial charge in [0.1, 0.15) is 5.82 Å². The van der Waals surface area contributed by atoms with Gasteiger partial charge in [-0.2, -0.15) is 0 Å². The molecule has 0 heterocycles. The Morgan fingerprint density at radius 2 is 1.81 bits per heavy atom. The fourth-order valence-corrected chi connectivity index (χ4v) is 2.07. The molecule has 0 atom stereocenters. The van der Waals surface area contributed by atoms with E-state index in [-0.39, 0.29) is 23.6 Å². The minimum atomic E-state index is -1.24. The lowest BCUT2D eigenvalue weighted by atomic mass is 10.1. The van der Waals surface area contributed by atoms with Crippen molar-refractivity contribution in [1.29, 1.82) is 0 Å². The molecule has 26 heavy (non-hydrogen) atoms. The molecular weight excluding hydrogens is 337 g/mol. The van der Waals surface area contributed by atoms with Gasteiger partial charge in [-0.25, -0.2) is 9.18 Å². The van der Waals surface area contributed by atoms with Crippen LogP contribution < -0.4 is 5.32 Å². The number of ketones is 1. The number of anilines is 1. The number of aliphatic carboxylic acids is 1. The number of carbonyl (C=O) groups is 3. The third-order valence-electron chi connectivity index (χ3n) is 3.40. The van der Waals surface area contributed by atoms with Crippen LogP contribution in [0, 0.1) is 5.82 Å². The van der Waals surface area contributed by atoms with Crippen molar-refractivity contribution in [1.82, 2.24) is 0 Å². The van der Waals surface area contributed by atoms with Gasteiger partial charge in [0, 0.05) is 16.8 Å². The summed E-state index contributed by atoms with van der Waals surface area (Å²) >= 11 is 0. The van der Waals surface area contributed by atoms with Gasteiger partial charge in [0.15, 0.2) is 5.78 Å². The molecule has 0 aliphatic heterocycles. The molecule has 0 radical (unpaired) electrons. The zero-order chi connectivity index (χ0) is 19.1. The van der Waals surface area contributed by atoms with Crippen LogP contribution in [0.3, 0.4) is 0 Å². The highest BCUT2D eigenvalue weighted by Crippen LogP contribution is 2.14. The van der Waals surface area contributed by atoms with E-state index < -0.39 is 11.9 Å². The highest BCUT2D eigenvalue weighted by molar-refractivity contribution is 6.08. The standard InChI is InChI=1S/C20H16FNO4/c1-13(20(25)26)11-19(24)22-17-4-2-3-15(12-17)18(23)10-7-14-5-8-16(21)9-6-14/h2-10,12H,1,11H2,(H,22,24)(H,25,26). The zero-order valence-electron chi connectivity index (χ0n) is 13.7. The van der Waals surface area contributed by atoms with Gasteiger partial charge in [-0.05, 0) is 35.9 Å². The average Bonchev–Trinajstić information content (AvgIpc) is 2.61. The first-order chi connectivity index (χ1) is 12.3. The summed E-state index contributed by atoms with van der Waals surface area (Å²) in [7, 11) is 0. The summed E-state index contributed by atoms with van der Waals surface area (Å²) in [5, 5.41) is 11.3. The highest BCUT2D eigenvalue weighted by Gasteiger charge is 2.11. The number of amides is 1. The molecular formula is C20H16FNO4. The highest BCUT2D eigenvalue weighted by atomic mass is 19.1. The van der Waals surface area contributed by atoms with Gasteiger partial charge in [-0.3, -0.25) is 9.59 Å². The molecule has 0 saturated heterocycles. The summed E-state index contributed by atoms with van der Waals surface area (Å²) in [5.41, 5.74) is 1.17. The van der Waals surface area contributed by atoms with Crippen molar-refractivity contribution in [2.45, 2.75) is 6.42 Å². The van der Waals surface area contributed by atoms with Crippen LogP contribution in [0.2, 0.25) is 0 Å². The zero-order valence-corrected chi connectivity index (χ0v) is 13.7. The molecule has 2 aromatic rings. The van der Waals surface area contributed by atoms with Crippen LogP contribution in [0.5, 0.6) is 0 Å². The topological polar surface area (TPSA) is 83.5 Å². The molecule has 0 spiro atoms. The maximum Gasteiger partial charge on any atom is 0.331 e. The maximum absolute atomic E-state index is 12.9. The SMILES string of the molecule is C=C(CC(=O)Nc1cccc(C(=O)C=Cc2ccc(F)cc2)c1)C(=O)O. The summed E-state index contributed by atoms with van der Waals surface area (Å²) in [6.07, 6.45) is 2.56. The van der Waals surface area contributed by atoms with Gasteiger partial charge in [0.05, 0.1) is 6.42 Å². The molecule has 0 aromatic heterocycles. The predicted octanol–water partition coefficient (Wildman–Crippen LogP) is 3.69. The van der Waals surface area contributed by atoms with E-state index in [1.165, 1.54) is 24.3 Å². The molecule has 0 aliphatic carbocycles. The number of halogens is 1. The average molecular weight is 353 g/mol. The van der Waals surface area contributed by atoms with Gasteiger partial charge < -0.3 is 10.4 Å². The van der Waals surface area contributed by atoms with Crippen LogP contribution in [0.15, 0.2) is 66.8 Å². The number of benzene rings is 2. The molecule has 2 aromatic carbocycles. The normalized spacial score (nSPS) is 10.5. The Hall–Kier alpha value is -3.54. The minimum absolute atomic E-state index is 0.225. The number of hydrogen-bond acceptors (Lipinski definition) is 3. The number of rotatable bonds is 7. The second-order valence-electron chi connectivity index (χ2n) is 5.46. The predicted molar refractivity (Wildman–Crippen MR) is 96.2 cm³/mol. The third kappa shape index (κ3) is 5.52. The number of carboxylic acids is 1. The van der Waals surface area contributed by atoms with Crippen molar-refractivity contribution in [3.05, 3.63) is 83.7 Å². The van der Waals surface area contributed by atoms with E-state index in [9.17, 15) is 18.8 Å². The summed E-state index contributed by atoms with van der Waals surface area (Å²) in [6, 6.07) is 11.9. The molecule has 0 saturated carbocycles. The molecule has 2 rings (SSSR count). The molecule has 2 N–H and O–H groups in total. The molecule has 0 aliphatic rings. The van der Waals surface area contributed by atoms with Gasteiger partial charge in [-0.15, -0.1) is 0 Å². The third-order valence-corrected chi connectivity index (χ3v) is 3.40. The van der Waals surface area contributed by atoms with Crippen molar-refractivity contribution in [3.63, 3.8) is 0 Å². The van der Waals surface area contributed by atoms with Gasteiger partial charge in [0.25, 0.3) is 0 Å². The lowest BCUT2D eigenvalue weighted by molar-refractivity contribution is -0.133. The smallest absolute Gasteiger partial charge is 0.331 e. The number of carbonyl (C=O) groups excluding carboxylic acids is 2. The second-order valence-corrected chi connectivity index (χ2v) is 5.46. The van der Waals surface area contributed by atoms with E-state index >= 15 is 0 Å². The first kappa shape index (κ1) is 18.8. The quantitative estimate of drug-likeness (QED) is 0.587. The summed E-state index contributed by atoms with van der Waals surface area (Å²) < 4.78 is 12.9. The van der Waals surface area contributed by atoms with E-state index in [1.807, 2.05) is 0 Å². The molecule has 1 amide bonds. The lowest BCUT2D eigenvalue weighted by Gasteiger charge is -2.06. The first-order valence-electron chi connectivity index (χ1n) is 7.64. The van der Waals surface area contributed by atoms with E-state index in [2.05, 4.69) is 11.9 Å². The van der Waals surface area contributed by atoms with Crippen LogP contribution >= 0.6 is 0 Å². The number of hydrogen-bond donors (Lipinski definition) is 2. The lowest BCUT2D eigenvalue weighted by Crippen LogP contribution is -2.15. The van der Waals surface area contributed by atoms with E-state index in [1.54, 1.807) is 36.4 Å². The fourth-order valence-electron chi connectivity index (χ4n) is 2.07. The summed E-state index contributed by atoms with van der Waals surface area (Å²) in [6.45, 7) is 3.29. The molecule has 5 nitrogen and oxygen atoms in total. The Bertz CT molecular complexity index is 885. The fraction of sp³-hybridized carbons (Fsp3) is 0.0500. The van der Waals surface area contributed by atoms with Crippen molar-refractivity contribution in [2.75, 3.05) is 5.32 Å². The van der Waals surface area contributed by atoms with E-state index in [0.29, 0.717) is 16.8 Å². The van der Waals surface area contributed by atoms with E-state index in [4.69, 9.17) is 5.11 Å². The number of nitrogens with one attached hydrogen (secondary N) is 1. The van der Waals surface area contributed by atoms with Crippen LogP contribution in [-0.2, 0) is 9.59 Å². The van der Waals surface area contributed by atoms with Crippen LogP contribution in [-0.4, -0.2) is 22.8 Å². The Morgan fingerprint density at radius 1 is 1.12 bits per heavy atom. The van der Waals surface area contributed by atoms with Crippen molar-refractivity contribution < 1.29 is 23.9 Å². The summed E-state index contributed by atoms with van der Waals surface area (Å²) in [5.74, 6) is -2.43. The number of carboxylic acid groups (broad SMARTS) is 1. The Labute approximate surface area is 149 Å². The summed E-state index contributed by atoms with van der Waals surface area (Å²) in [4.78, 5) is 34.7. The minimum Gasteiger partial charge on any atom is -0.478 e. The molecule has 6 heteroatoms. The van der Waals surface area contributed by atoms with Crippen molar-refractivity contribution in [3.8, 4) is 0 Å². The Morgan fingerprint density at radius 3 is 2.46 bits per heavy atom. The van der Waals surface area contributed by atoms with E-state index in [0.717, 1.165) is 0 Å². The van der Waals surface area contributed by atoms with Crippen molar-refractivity contribution in [2.24, 2.45) is 0 Å². The van der Waals surface area contributed by atoms with Gasteiger partial charge in [-0.1, -0.05) is 36.9 Å². The van der Waals surface area contributed by atoms with Crippen LogP contribution in [0.25, 0.3) is 6.08 Å². The Kier molecular flexibility index (Phi) is 6.16. The van der Waals surface area contributed by atoms with Crippen LogP contribution in [0.1, 0.15) is 22.3 Å². The molecule has 132 valence electrons. The van der Waals surface area contributed by atoms with Gasteiger partial charge >= 0.3 is 5.97 Å². The molecule has 0 bridgehead atoms. The second kappa shape index (κ2) is 8.53. The molecule has 0 fully saturated rings. The maximum atomic E-state index is 12.9.